The predicted octanol–water partition coefficient (Wildman–Crippen LogP) is 5.61. The highest BCUT2D eigenvalue weighted by atomic mass is 32.1. The maximum atomic E-state index is 14.4. The summed E-state index contributed by atoms with van der Waals surface area (Å²) >= 11 is 1.50. The number of carbonyl (C=O) groups is 4. The summed E-state index contributed by atoms with van der Waals surface area (Å²) in [6.45, 7) is 0.0363. The molecule has 2 saturated carbocycles. The van der Waals surface area contributed by atoms with Crippen molar-refractivity contribution in [2.75, 3.05) is 6.54 Å². The molecule has 4 heterocycles. The first-order chi connectivity index (χ1) is 24.3. The number of aromatic nitrogens is 2. The smallest absolute Gasteiger partial charge is 0.408 e. The van der Waals surface area contributed by atoms with Gasteiger partial charge in [-0.25, -0.2) is 19.6 Å². The lowest BCUT2D eigenvalue weighted by atomic mass is 9.98. The van der Waals surface area contributed by atoms with Crippen LogP contribution in [0, 0.1) is 5.92 Å². The van der Waals surface area contributed by atoms with Crippen molar-refractivity contribution in [2.24, 2.45) is 5.92 Å². The van der Waals surface area contributed by atoms with Crippen LogP contribution in [-0.4, -0.2) is 80.2 Å². The standard InChI is InChI=1S/C37H43N5O7S/c43-32-29-20-25(48-33-31(30-18-11-19-50-30)38-26-15-9-10-16-27(26)39-33)22-42(29)34(44)28(40-36(47)49-24-13-6-4-7-14-24)17-8-3-1-2-5-12-23-21-37(23,41-32)35(45)46/h5,9-12,15-16,18-19,23-25,28-29H,1-4,6-8,13-14,17,20-22H2,(H,40,47)(H,41,43)(H,45,46)/b12-5-/t23?,25-,28-,29?,37?/m1/s1. The van der Waals surface area contributed by atoms with Crippen LogP contribution in [0.1, 0.15) is 77.0 Å². The van der Waals surface area contributed by atoms with Crippen LogP contribution < -0.4 is 15.4 Å². The largest absolute Gasteiger partial charge is 0.479 e. The van der Waals surface area contributed by atoms with E-state index >= 15 is 0 Å². The van der Waals surface area contributed by atoms with E-state index in [2.05, 4.69) is 10.6 Å². The zero-order valence-corrected chi connectivity index (χ0v) is 28.7. The number of hydrogen-bond donors (Lipinski definition) is 3. The molecule has 3 fully saturated rings. The molecule has 1 aromatic carbocycles. The number of amides is 3. The van der Waals surface area contributed by atoms with Crippen molar-refractivity contribution in [1.29, 1.82) is 0 Å². The van der Waals surface area contributed by atoms with E-state index in [0.717, 1.165) is 56.2 Å². The number of fused-ring (bicyclic) bond motifs is 3. The minimum Gasteiger partial charge on any atom is -0.479 e. The number of carbonyl (C=O) groups excluding carboxylic acids is 3. The van der Waals surface area contributed by atoms with Crippen molar-refractivity contribution in [1.82, 2.24) is 25.5 Å². The fourth-order valence-corrected chi connectivity index (χ4v) is 8.16. The van der Waals surface area contributed by atoms with Gasteiger partial charge < -0.3 is 30.1 Å². The normalized spacial score (nSPS) is 28.4. The molecule has 7 rings (SSSR count). The van der Waals surface area contributed by atoms with Crippen LogP contribution in [0.15, 0.2) is 53.9 Å². The Morgan fingerprint density at radius 2 is 1.72 bits per heavy atom. The first kappa shape index (κ1) is 34.0. The molecule has 2 aromatic heterocycles. The van der Waals surface area contributed by atoms with Crippen molar-refractivity contribution >= 4 is 46.2 Å². The number of thiophene rings is 1. The maximum absolute atomic E-state index is 14.4. The van der Waals surface area contributed by atoms with Crippen LogP contribution in [0.25, 0.3) is 21.6 Å². The molecule has 2 aliphatic heterocycles. The second kappa shape index (κ2) is 14.8. The van der Waals surface area contributed by atoms with Gasteiger partial charge >= 0.3 is 12.1 Å². The SMILES string of the molecule is O=C(N[C@@H]1CCCCC/C=C\C2CC2(C(=O)O)NC(=O)C2C[C@@H](Oc3nc4ccccc4nc3-c3cccs3)CN2C1=O)OC1CCCCC1. The van der Waals surface area contributed by atoms with Crippen LogP contribution >= 0.6 is 11.3 Å². The molecular weight excluding hydrogens is 659 g/mol. The van der Waals surface area contributed by atoms with Crippen molar-refractivity contribution in [3.63, 3.8) is 0 Å². The average molecular weight is 702 g/mol. The molecule has 0 radical (unpaired) electrons. The number of carboxylic acids is 1. The maximum Gasteiger partial charge on any atom is 0.408 e. The van der Waals surface area contributed by atoms with E-state index in [9.17, 15) is 24.3 Å². The monoisotopic (exact) mass is 701 g/mol. The lowest BCUT2D eigenvalue weighted by Gasteiger charge is -2.30. The minimum absolute atomic E-state index is 0.0363. The third-order valence-electron chi connectivity index (χ3n) is 10.3. The summed E-state index contributed by atoms with van der Waals surface area (Å²) < 4.78 is 12.3. The Bertz CT molecular complexity index is 1760. The third-order valence-corrected chi connectivity index (χ3v) is 11.2. The van der Waals surface area contributed by atoms with E-state index in [-0.39, 0.29) is 37.3 Å². The zero-order valence-electron chi connectivity index (χ0n) is 27.9. The van der Waals surface area contributed by atoms with Crippen LogP contribution in [0.3, 0.4) is 0 Å². The Morgan fingerprint density at radius 3 is 2.48 bits per heavy atom. The van der Waals surface area contributed by atoms with E-state index in [1.54, 1.807) is 0 Å². The van der Waals surface area contributed by atoms with E-state index < -0.39 is 47.6 Å². The van der Waals surface area contributed by atoms with Crippen LogP contribution in [0.2, 0.25) is 0 Å². The molecule has 3 N–H and O–H groups in total. The number of alkyl carbamates (subject to hydrolysis) is 1. The summed E-state index contributed by atoms with van der Waals surface area (Å²) in [5.41, 5.74) is 0.472. The van der Waals surface area contributed by atoms with Crippen LogP contribution in [-0.2, 0) is 19.1 Å². The third kappa shape index (κ3) is 7.33. The zero-order chi connectivity index (χ0) is 34.7. The average Bonchev–Trinajstić information content (AvgIpc) is 3.40. The Hall–Kier alpha value is -4.52. The molecule has 0 spiro atoms. The first-order valence-electron chi connectivity index (χ1n) is 17.8. The van der Waals surface area contributed by atoms with Gasteiger partial charge in [0.1, 0.15) is 35.5 Å². The lowest BCUT2D eigenvalue weighted by molar-refractivity contribution is -0.145. The molecule has 4 aliphatic rings. The Kier molecular flexibility index (Phi) is 10.0. The first-order valence-corrected chi connectivity index (χ1v) is 18.7. The lowest BCUT2D eigenvalue weighted by Crippen LogP contribution is -2.56. The van der Waals surface area contributed by atoms with E-state index in [0.29, 0.717) is 29.6 Å². The number of hydrogen-bond acceptors (Lipinski definition) is 9. The molecule has 13 heteroatoms. The van der Waals surface area contributed by atoms with Crippen LogP contribution in [0.5, 0.6) is 5.88 Å². The summed E-state index contributed by atoms with van der Waals surface area (Å²) in [7, 11) is 0. The number of ether oxygens (including phenoxy) is 2. The number of rotatable bonds is 6. The van der Waals surface area contributed by atoms with Gasteiger partial charge in [-0.05, 0) is 74.9 Å². The molecule has 0 bridgehead atoms. The summed E-state index contributed by atoms with van der Waals surface area (Å²) in [6.07, 6.45) is 10.9. The quantitative estimate of drug-likeness (QED) is 0.278. The molecule has 12 nitrogen and oxygen atoms in total. The van der Waals surface area contributed by atoms with Gasteiger partial charge in [-0.1, -0.05) is 49.6 Å². The molecule has 264 valence electrons. The van der Waals surface area contributed by atoms with Gasteiger partial charge in [-0.3, -0.25) is 9.59 Å². The van der Waals surface area contributed by atoms with E-state index in [1.165, 1.54) is 16.2 Å². The molecular formula is C37H43N5O7S. The number of aliphatic carboxylic acids is 1. The van der Waals surface area contributed by atoms with Crippen molar-refractivity contribution in [3.05, 3.63) is 53.9 Å². The fourth-order valence-electron chi connectivity index (χ4n) is 7.46. The van der Waals surface area contributed by atoms with Crippen LogP contribution in [0.4, 0.5) is 4.79 Å². The van der Waals surface area contributed by atoms with Gasteiger partial charge in [-0.2, -0.15) is 0 Å². The molecule has 5 atom stereocenters. The highest BCUT2D eigenvalue weighted by Crippen LogP contribution is 2.45. The van der Waals surface area contributed by atoms with Gasteiger partial charge in [0.05, 0.1) is 22.5 Å². The predicted molar refractivity (Wildman–Crippen MR) is 187 cm³/mol. The number of carboxylic acid groups (broad SMARTS) is 1. The number of nitrogens with one attached hydrogen (secondary N) is 2. The molecule has 2 aliphatic carbocycles. The highest BCUT2D eigenvalue weighted by molar-refractivity contribution is 7.13. The van der Waals surface area contributed by atoms with Gasteiger partial charge in [0.2, 0.25) is 17.7 Å². The number of benzene rings is 1. The molecule has 3 aromatic rings. The van der Waals surface area contributed by atoms with Crippen molar-refractivity contribution < 1.29 is 33.8 Å². The summed E-state index contributed by atoms with van der Waals surface area (Å²) in [6, 6.07) is 9.37. The summed E-state index contributed by atoms with van der Waals surface area (Å²) in [5, 5.41) is 17.8. The van der Waals surface area contributed by atoms with Gasteiger partial charge in [0.25, 0.3) is 0 Å². The van der Waals surface area contributed by atoms with Crippen molar-refractivity contribution in [3.8, 4) is 16.5 Å². The summed E-state index contributed by atoms with van der Waals surface area (Å²) in [4.78, 5) is 66.0. The van der Waals surface area contributed by atoms with Gasteiger partial charge in [0, 0.05) is 12.3 Å². The van der Waals surface area contributed by atoms with Crippen molar-refractivity contribution in [2.45, 2.75) is 107 Å². The fraction of sp³-hybridized carbons (Fsp3) is 0.514. The number of para-hydroxylation sites is 2. The second-order valence-electron chi connectivity index (χ2n) is 13.8. The van der Waals surface area contributed by atoms with E-state index in [1.807, 2.05) is 53.9 Å². The van der Waals surface area contributed by atoms with Gasteiger partial charge in [0.15, 0.2) is 0 Å². The Labute approximate surface area is 294 Å². The highest BCUT2D eigenvalue weighted by Gasteiger charge is 2.61. The molecule has 50 heavy (non-hydrogen) atoms. The van der Waals surface area contributed by atoms with Gasteiger partial charge in [-0.15, -0.1) is 11.3 Å². The molecule has 3 unspecified atom stereocenters. The molecule has 3 amide bonds. The second-order valence-corrected chi connectivity index (χ2v) is 14.8. The van der Waals surface area contributed by atoms with E-state index in [4.69, 9.17) is 19.4 Å². The molecule has 1 saturated heterocycles. The minimum atomic E-state index is -1.43. The Balaban J connectivity index is 1.18. The number of nitrogens with zero attached hydrogens (tertiary/aromatic N) is 3. The number of allylic oxidation sites excluding steroid dienone is 1. The Morgan fingerprint density at radius 1 is 0.960 bits per heavy atom. The summed E-state index contributed by atoms with van der Waals surface area (Å²) in [5.74, 6) is -2.15. The topological polar surface area (TPSA) is 160 Å².